The molecule has 0 aliphatic heterocycles. The second-order valence-electron chi connectivity index (χ2n) is 3.77. The molecule has 0 saturated carbocycles. The molecule has 1 N–H and O–H groups in total. The lowest BCUT2D eigenvalue weighted by molar-refractivity contribution is 0.202. The first-order chi connectivity index (χ1) is 8.79. The molecule has 0 fully saturated rings. The van der Waals surface area contributed by atoms with Crippen molar-refractivity contribution in [2.24, 2.45) is 0 Å². The van der Waals surface area contributed by atoms with Crippen LogP contribution in [0.4, 0.5) is 11.5 Å². The predicted molar refractivity (Wildman–Crippen MR) is 72.3 cm³/mol. The fourth-order valence-corrected chi connectivity index (χ4v) is 1.69. The van der Waals surface area contributed by atoms with Crippen LogP contribution in [-0.2, 0) is 11.2 Å². The first-order valence-corrected chi connectivity index (χ1v) is 6.00. The summed E-state index contributed by atoms with van der Waals surface area (Å²) in [6.45, 7) is 0.686. The molecule has 2 aromatic rings. The number of hydrogen-bond acceptors (Lipinski definition) is 4. The van der Waals surface area contributed by atoms with Crippen molar-refractivity contribution in [2.45, 2.75) is 6.42 Å². The molecule has 1 aromatic heterocycles. The summed E-state index contributed by atoms with van der Waals surface area (Å²) in [6, 6.07) is 11.5. The SMILES string of the molecule is COCCc1ccccc1Nc1ccc(Cl)nn1. The Morgan fingerprint density at radius 3 is 2.72 bits per heavy atom. The van der Waals surface area contributed by atoms with Crippen LogP contribution >= 0.6 is 11.6 Å². The molecule has 5 heteroatoms. The van der Waals surface area contributed by atoms with E-state index in [4.69, 9.17) is 16.3 Å². The summed E-state index contributed by atoms with van der Waals surface area (Å²) in [4.78, 5) is 0. The highest BCUT2D eigenvalue weighted by Gasteiger charge is 2.03. The third-order valence-electron chi connectivity index (χ3n) is 2.49. The Balaban J connectivity index is 2.15. The lowest BCUT2D eigenvalue weighted by Crippen LogP contribution is -2.01. The van der Waals surface area contributed by atoms with Crippen molar-refractivity contribution in [2.75, 3.05) is 19.0 Å². The summed E-state index contributed by atoms with van der Waals surface area (Å²) in [5.74, 6) is 0.671. The van der Waals surface area contributed by atoms with Crippen LogP contribution in [0.25, 0.3) is 0 Å². The fourth-order valence-electron chi connectivity index (χ4n) is 1.59. The zero-order chi connectivity index (χ0) is 12.8. The van der Waals surface area contributed by atoms with Crippen LogP contribution in [0.15, 0.2) is 36.4 Å². The van der Waals surface area contributed by atoms with Crippen LogP contribution in [0.2, 0.25) is 5.15 Å². The van der Waals surface area contributed by atoms with Crippen LogP contribution in [-0.4, -0.2) is 23.9 Å². The molecule has 18 heavy (non-hydrogen) atoms. The van der Waals surface area contributed by atoms with Gasteiger partial charge in [-0.25, -0.2) is 0 Å². The number of benzene rings is 1. The lowest BCUT2D eigenvalue weighted by Gasteiger charge is -2.10. The van der Waals surface area contributed by atoms with Gasteiger partial charge >= 0.3 is 0 Å². The van der Waals surface area contributed by atoms with E-state index in [9.17, 15) is 0 Å². The number of aromatic nitrogens is 2. The highest BCUT2D eigenvalue weighted by molar-refractivity contribution is 6.29. The van der Waals surface area contributed by atoms with Crippen LogP contribution in [0, 0.1) is 0 Å². The molecule has 1 aromatic carbocycles. The number of anilines is 2. The van der Waals surface area contributed by atoms with E-state index in [1.165, 1.54) is 5.56 Å². The van der Waals surface area contributed by atoms with Gasteiger partial charge in [0.15, 0.2) is 11.0 Å². The Bertz CT molecular complexity index is 502. The van der Waals surface area contributed by atoms with E-state index < -0.39 is 0 Å². The number of halogens is 1. The van der Waals surface area contributed by atoms with Gasteiger partial charge in [0.25, 0.3) is 0 Å². The Morgan fingerprint density at radius 1 is 1.17 bits per heavy atom. The third-order valence-corrected chi connectivity index (χ3v) is 2.69. The van der Waals surface area contributed by atoms with E-state index in [0.29, 0.717) is 17.6 Å². The van der Waals surface area contributed by atoms with Gasteiger partial charge < -0.3 is 10.1 Å². The smallest absolute Gasteiger partial charge is 0.153 e. The maximum Gasteiger partial charge on any atom is 0.153 e. The highest BCUT2D eigenvalue weighted by Crippen LogP contribution is 2.20. The van der Waals surface area contributed by atoms with Gasteiger partial charge in [-0.2, -0.15) is 0 Å². The Labute approximate surface area is 111 Å². The molecule has 0 spiro atoms. The molecule has 0 unspecified atom stereocenters. The number of hydrogen-bond donors (Lipinski definition) is 1. The molecule has 0 atom stereocenters. The summed E-state index contributed by atoms with van der Waals surface area (Å²) in [5, 5.41) is 11.4. The zero-order valence-corrected chi connectivity index (χ0v) is 10.8. The molecule has 2 rings (SSSR count). The predicted octanol–water partition coefficient (Wildman–Crippen LogP) is 3.06. The number of nitrogens with zero attached hydrogens (tertiary/aromatic N) is 2. The Hall–Kier alpha value is -1.65. The van der Waals surface area contributed by atoms with E-state index in [2.05, 4.69) is 21.6 Å². The van der Waals surface area contributed by atoms with E-state index >= 15 is 0 Å². The number of rotatable bonds is 5. The molecule has 1 heterocycles. The van der Waals surface area contributed by atoms with Crippen molar-refractivity contribution in [1.82, 2.24) is 10.2 Å². The molecular formula is C13H14ClN3O. The van der Waals surface area contributed by atoms with Gasteiger partial charge in [-0.05, 0) is 30.2 Å². The summed E-state index contributed by atoms with van der Waals surface area (Å²) >= 11 is 5.70. The van der Waals surface area contributed by atoms with Gasteiger partial charge in [0.05, 0.1) is 6.61 Å². The minimum absolute atomic E-state index is 0.383. The molecule has 0 aliphatic rings. The monoisotopic (exact) mass is 263 g/mol. The molecule has 0 radical (unpaired) electrons. The lowest BCUT2D eigenvalue weighted by atomic mass is 10.1. The van der Waals surface area contributed by atoms with Crippen molar-refractivity contribution < 1.29 is 4.74 Å². The maximum absolute atomic E-state index is 5.70. The summed E-state index contributed by atoms with van der Waals surface area (Å²) in [5.41, 5.74) is 2.18. The quantitative estimate of drug-likeness (QED) is 0.901. The Morgan fingerprint density at radius 2 is 2.00 bits per heavy atom. The van der Waals surface area contributed by atoms with Gasteiger partial charge in [-0.1, -0.05) is 29.8 Å². The van der Waals surface area contributed by atoms with Gasteiger partial charge in [-0.3, -0.25) is 0 Å². The number of ether oxygens (including phenoxy) is 1. The van der Waals surface area contributed by atoms with Crippen molar-refractivity contribution in [3.8, 4) is 0 Å². The molecule has 94 valence electrons. The van der Waals surface area contributed by atoms with Gasteiger partial charge in [-0.15, -0.1) is 10.2 Å². The minimum Gasteiger partial charge on any atom is -0.384 e. The summed E-state index contributed by atoms with van der Waals surface area (Å²) < 4.78 is 5.09. The topological polar surface area (TPSA) is 47.0 Å². The average Bonchev–Trinajstić information content (AvgIpc) is 2.40. The zero-order valence-electron chi connectivity index (χ0n) is 10.1. The fraction of sp³-hybridized carbons (Fsp3) is 0.231. The van der Waals surface area contributed by atoms with Crippen LogP contribution in [0.5, 0.6) is 0 Å². The second kappa shape index (κ2) is 6.33. The molecule has 0 aliphatic carbocycles. The number of para-hydroxylation sites is 1. The molecule has 0 amide bonds. The first kappa shape index (κ1) is 12.8. The van der Waals surface area contributed by atoms with E-state index in [1.807, 2.05) is 18.2 Å². The van der Waals surface area contributed by atoms with E-state index in [1.54, 1.807) is 19.2 Å². The van der Waals surface area contributed by atoms with Gasteiger partial charge in [0.2, 0.25) is 0 Å². The number of methoxy groups -OCH3 is 1. The maximum atomic E-state index is 5.70. The van der Waals surface area contributed by atoms with Crippen LogP contribution < -0.4 is 5.32 Å². The third kappa shape index (κ3) is 3.42. The van der Waals surface area contributed by atoms with Crippen molar-refractivity contribution in [3.05, 3.63) is 47.1 Å². The van der Waals surface area contributed by atoms with Crippen LogP contribution in [0.3, 0.4) is 0 Å². The van der Waals surface area contributed by atoms with Crippen molar-refractivity contribution in [1.29, 1.82) is 0 Å². The molecular weight excluding hydrogens is 250 g/mol. The average molecular weight is 264 g/mol. The van der Waals surface area contributed by atoms with Crippen LogP contribution in [0.1, 0.15) is 5.56 Å². The second-order valence-corrected chi connectivity index (χ2v) is 4.15. The largest absolute Gasteiger partial charge is 0.384 e. The van der Waals surface area contributed by atoms with Gasteiger partial charge in [0.1, 0.15) is 0 Å². The standard InChI is InChI=1S/C13H14ClN3O/c1-18-9-8-10-4-2-3-5-11(10)15-13-7-6-12(14)16-17-13/h2-7H,8-9H2,1H3,(H,15,17). The van der Waals surface area contributed by atoms with Crippen molar-refractivity contribution in [3.63, 3.8) is 0 Å². The van der Waals surface area contributed by atoms with E-state index in [-0.39, 0.29) is 0 Å². The molecule has 0 saturated heterocycles. The summed E-state index contributed by atoms with van der Waals surface area (Å²) in [7, 11) is 1.70. The minimum atomic E-state index is 0.383. The first-order valence-electron chi connectivity index (χ1n) is 5.62. The highest BCUT2D eigenvalue weighted by atomic mass is 35.5. The normalized spacial score (nSPS) is 10.3. The Kier molecular flexibility index (Phi) is 4.50. The van der Waals surface area contributed by atoms with Crippen molar-refractivity contribution >= 4 is 23.1 Å². The van der Waals surface area contributed by atoms with E-state index in [0.717, 1.165) is 12.1 Å². The number of nitrogens with one attached hydrogen (secondary N) is 1. The molecule has 4 nitrogen and oxygen atoms in total. The molecule has 0 bridgehead atoms. The van der Waals surface area contributed by atoms with Gasteiger partial charge in [0, 0.05) is 12.8 Å². The summed E-state index contributed by atoms with van der Waals surface area (Å²) in [6.07, 6.45) is 0.848.